The lowest BCUT2D eigenvalue weighted by Gasteiger charge is -2.11. The van der Waals surface area contributed by atoms with Crippen LogP contribution in [-0.4, -0.2) is 17.1 Å². The summed E-state index contributed by atoms with van der Waals surface area (Å²) < 4.78 is 6.13. The Morgan fingerprint density at radius 3 is 2.90 bits per heavy atom. The summed E-state index contributed by atoms with van der Waals surface area (Å²) in [4.78, 5) is 12.4. The minimum Gasteiger partial charge on any atom is -0.360 e. The van der Waals surface area contributed by atoms with Crippen molar-refractivity contribution in [2.75, 3.05) is 0 Å². The first-order valence-corrected chi connectivity index (χ1v) is 7.35. The molecule has 0 saturated heterocycles. The molecule has 2 aromatic rings. The van der Waals surface area contributed by atoms with E-state index >= 15 is 0 Å². The lowest BCUT2D eigenvalue weighted by atomic mass is 10.1. The number of benzene rings is 1. The fourth-order valence-electron chi connectivity index (χ4n) is 1.87. The van der Waals surface area contributed by atoms with Gasteiger partial charge >= 0.3 is 0 Å². The largest absolute Gasteiger partial charge is 0.360 e. The summed E-state index contributed by atoms with van der Waals surface area (Å²) in [5.41, 5.74) is 1.93. The number of aryl methyl sites for hydroxylation is 1. The number of hydrogen-bond acceptors (Lipinski definition) is 3. The summed E-state index contributed by atoms with van der Waals surface area (Å²) in [6.07, 6.45) is 0.877. The number of aromatic nitrogens is 1. The van der Waals surface area contributed by atoms with Gasteiger partial charge in [-0.3, -0.25) is 4.79 Å². The zero-order chi connectivity index (χ0) is 14.7. The van der Waals surface area contributed by atoms with Gasteiger partial charge in [-0.2, -0.15) is 0 Å². The van der Waals surface area contributed by atoms with Crippen LogP contribution in [0.3, 0.4) is 0 Å². The highest BCUT2D eigenvalue weighted by Crippen LogP contribution is 2.27. The standard InChI is InChI=1S/C15H17BrN2O2/c1-4-9(2)17-15(19)13-10(3)20-18-14(13)11-6-5-7-12(16)8-11/h5-9H,4H2,1-3H3,(H,17,19). The monoisotopic (exact) mass is 336 g/mol. The molecule has 0 radical (unpaired) electrons. The number of halogens is 1. The second-order valence-electron chi connectivity index (χ2n) is 4.76. The van der Waals surface area contributed by atoms with E-state index in [9.17, 15) is 4.79 Å². The maximum absolute atomic E-state index is 12.4. The number of hydrogen-bond donors (Lipinski definition) is 1. The van der Waals surface area contributed by atoms with E-state index in [1.807, 2.05) is 38.1 Å². The van der Waals surface area contributed by atoms with E-state index < -0.39 is 0 Å². The van der Waals surface area contributed by atoms with Gasteiger partial charge in [-0.1, -0.05) is 40.1 Å². The highest BCUT2D eigenvalue weighted by molar-refractivity contribution is 9.10. The van der Waals surface area contributed by atoms with Gasteiger partial charge in [0.05, 0.1) is 0 Å². The smallest absolute Gasteiger partial charge is 0.257 e. The summed E-state index contributed by atoms with van der Waals surface area (Å²) in [5, 5.41) is 6.97. The molecule has 4 nitrogen and oxygen atoms in total. The van der Waals surface area contributed by atoms with Crippen LogP contribution < -0.4 is 5.32 Å². The molecule has 0 aliphatic rings. The van der Waals surface area contributed by atoms with E-state index in [1.165, 1.54) is 0 Å². The Kier molecular flexibility index (Phi) is 4.60. The highest BCUT2D eigenvalue weighted by Gasteiger charge is 2.22. The number of nitrogens with zero attached hydrogens (tertiary/aromatic N) is 1. The third-order valence-corrected chi connectivity index (χ3v) is 3.67. The summed E-state index contributed by atoms with van der Waals surface area (Å²) in [7, 11) is 0. The highest BCUT2D eigenvalue weighted by atomic mass is 79.9. The number of rotatable bonds is 4. The normalized spacial score (nSPS) is 12.2. The van der Waals surface area contributed by atoms with Gasteiger partial charge in [0.1, 0.15) is 17.0 Å². The van der Waals surface area contributed by atoms with Crippen molar-refractivity contribution in [2.24, 2.45) is 0 Å². The van der Waals surface area contributed by atoms with Gasteiger partial charge in [0.15, 0.2) is 0 Å². The quantitative estimate of drug-likeness (QED) is 0.919. The average molecular weight is 337 g/mol. The van der Waals surface area contributed by atoms with Crippen molar-refractivity contribution in [3.63, 3.8) is 0 Å². The molecule has 1 aromatic heterocycles. The predicted molar refractivity (Wildman–Crippen MR) is 81.6 cm³/mol. The Labute approximate surface area is 126 Å². The van der Waals surface area contributed by atoms with Crippen LogP contribution >= 0.6 is 15.9 Å². The molecule has 5 heteroatoms. The first kappa shape index (κ1) is 14.8. The molecular weight excluding hydrogens is 320 g/mol. The number of nitrogens with one attached hydrogen (secondary N) is 1. The predicted octanol–water partition coefficient (Wildman–Crippen LogP) is 3.94. The van der Waals surface area contributed by atoms with Crippen molar-refractivity contribution in [3.8, 4) is 11.3 Å². The van der Waals surface area contributed by atoms with Gasteiger partial charge in [-0.25, -0.2) is 0 Å². The van der Waals surface area contributed by atoms with Crippen molar-refractivity contribution in [1.29, 1.82) is 0 Å². The Bertz CT molecular complexity index is 622. The molecule has 1 unspecified atom stereocenters. The molecule has 1 atom stereocenters. The molecule has 1 aromatic carbocycles. The van der Waals surface area contributed by atoms with E-state index in [0.29, 0.717) is 17.0 Å². The zero-order valence-corrected chi connectivity index (χ0v) is 13.3. The molecule has 1 N–H and O–H groups in total. The first-order chi connectivity index (χ1) is 9.52. The maximum atomic E-state index is 12.4. The van der Waals surface area contributed by atoms with E-state index in [-0.39, 0.29) is 11.9 Å². The summed E-state index contributed by atoms with van der Waals surface area (Å²) in [6, 6.07) is 7.77. The van der Waals surface area contributed by atoms with Crippen molar-refractivity contribution in [3.05, 3.63) is 40.1 Å². The number of carbonyl (C=O) groups is 1. The van der Waals surface area contributed by atoms with Gasteiger partial charge in [0, 0.05) is 16.1 Å². The fourth-order valence-corrected chi connectivity index (χ4v) is 2.27. The Balaban J connectivity index is 2.39. The minimum atomic E-state index is -0.145. The fraction of sp³-hybridized carbons (Fsp3) is 0.333. The van der Waals surface area contributed by atoms with Crippen LogP contribution in [0.15, 0.2) is 33.3 Å². The van der Waals surface area contributed by atoms with Crippen molar-refractivity contribution < 1.29 is 9.32 Å². The van der Waals surface area contributed by atoms with Gasteiger partial charge < -0.3 is 9.84 Å². The molecule has 0 bridgehead atoms. The molecule has 20 heavy (non-hydrogen) atoms. The Morgan fingerprint density at radius 1 is 1.50 bits per heavy atom. The topological polar surface area (TPSA) is 55.1 Å². The van der Waals surface area contributed by atoms with Crippen molar-refractivity contribution in [2.45, 2.75) is 33.2 Å². The molecular formula is C15H17BrN2O2. The molecule has 0 saturated carbocycles. The third-order valence-electron chi connectivity index (χ3n) is 3.18. The number of amides is 1. The Morgan fingerprint density at radius 2 is 2.25 bits per heavy atom. The second kappa shape index (κ2) is 6.22. The molecule has 106 valence electrons. The van der Waals surface area contributed by atoms with E-state index in [0.717, 1.165) is 16.5 Å². The van der Waals surface area contributed by atoms with E-state index in [4.69, 9.17) is 4.52 Å². The summed E-state index contributed by atoms with van der Waals surface area (Å²) in [5.74, 6) is 0.383. The summed E-state index contributed by atoms with van der Waals surface area (Å²) >= 11 is 3.42. The third kappa shape index (κ3) is 3.10. The lowest BCUT2D eigenvalue weighted by molar-refractivity contribution is 0.0938. The average Bonchev–Trinajstić information content (AvgIpc) is 2.80. The van der Waals surface area contributed by atoms with Crippen LogP contribution in [0.4, 0.5) is 0 Å². The van der Waals surface area contributed by atoms with Gasteiger partial charge in [-0.05, 0) is 32.4 Å². The van der Waals surface area contributed by atoms with Crippen molar-refractivity contribution >= 4 is 21.8 Å². The number of carbonyl (C=O) groups excluding carboxylic acids is 1. The lowest BCUT2D eigenvalue weighted by Crippen LogP contribution is -2.32. The van der Waals surface area contributed by atoms with Crippen LogP contribution in [0, 0.1) is 6.92 Å². The molecule has 0 aliphatic carbocycles. The van der Waals surface area contributed by atoms with Crippen LogP contribution in [0.25, 0.3) is 11.3 Å². The SMILES string of the molecule is CCC(C)NC(=O)c1c(-c2cccc(Br)c2)noc1C. The maximum Gasteiger partial charge on any atom is 0.257 e. The Hall–Kier alpha value is -1.62. The molecule has 0 spiro atoms. The molecule has 1 heterocycles. The van der Waals surface area contributed by atoms with Crippen LogP contribution in [0.5, 0.6) is 0 Å². The summed E-state index contributed by atoms with van der Waals surface area (Å²) in [6.45, 7) is 5.75. The van der Waals surface area contributed by atoms with E-state index in [1.54, 1.807) is 6.92 Å². The van der Waals surface area contributed by atoms with E-state index in [2.05, 4.69) is 26.4 Å². The molecule has 2 rings (SSSR count). The second-order valence-corrected chi connectivity index (χ2v) is 5.67. The van der Waals surface area contributed by atoms with Crippen LogP contribution in [0.1, 0.15) is 36.4 Å². The van der Waals surface area contributed by atoms with Crippen molar-refractivity contribution in [1.82, 2.24) is 10.5 Å². The minimum absolute atomic E-state index is 0.118. The van der Waals surface area contributed by atoms with Crippen LogP contribution in [-0.2, 0) is 0 Å². The molecule has 1 amide bonds. The molecule has 0 aliphatic heterocycles. The van der Waals surface area contributed by atoms with Crippen LogP contribution in [0.2, 0.25) is 0 Å². The van der Waals surface area contributed by atoms with Gasteiger partial charge in [0.2, 0.25) is 0 Å². The zero-order valence-electron chi connectivity index (χ0n) is 11.7. The van der Waals surface area contributed by atoms with Gasteiger partial charge in [-0.15, -0.1) is 0 Å². The molecule has 0 fully saturated rings. The van der Waals surface area contributed by atoms with Gasteiger partial charge in [0.25, 0.3) is 5.91 Å². The first-order valence-electron chi connectivity index (χ1n) is 6.56.